The van der Waals surface area contributed by atoms with Crippen molar-refractivity contribution in [1.29, 1.82) is 0 Å². The van der Waals surface area contributed by atoms with Gasteiger partial charge in [0.05, 0.1) is 13.2 Å². The van der Waals surface area contributed by atoms with Crippen LogP contribution in [0.15, 0.2) is 12.7 Å². The molecule has 0 aromatic carbocycles. The summed E-state index contributed by atoms with van der Waals surface area (Å²) in [5.74, 6) is 0.616. The van der Waals surface area contributed by atoms with Crippen LogP contribution in [0.1, 0.15) is 12.8 Å². The zero-order valence-corrected chi connectivity index (χ0v) is 8.69. The van der Waals surface area contributed by atoms with Crippen LogP contribution in [-0.4, -0.2) is 31.4 Å². The molecule has 0 aliphatic rings. The molecular weight excluding hydrogens is 186 g/mol. The smallest absolute Gasteiger partial charge is 0.220 e. The molecule has 0 aromatic heterocycles. The summed E-state index contributed by atoms with van der Waals surface area (Å²) in [4.78, 5) is 10.9. The average molecular weight is 203 g/mol. The first-order chi connectivity index (χ1) is 6.31. The van der Waals surface area contributed by atoms with Crippen LogP contribution in [-0.2, 0) is 9.53 Å². The number of rotatable bonds is 8. The second-order valence-electron chi connectivity index (χ2n) is 2.51. The van der Waals surface area contributed by atoms with E-state index >= 15 is 0 Å². The van der Waals surface area contributed by atoms with E-state index in [2.05, 4.69) is 24.5 Å². The van der Waals surface area contributed by atoms with Gasteiger partial charge in [0.2, 0.25) is 5.91 Å². The molecule has 13 heavy (non-hydrogen) atoms. The first kappa shape index (κ1) is 12.5. The maximum absolute atomic E-state index is 10.9. The van der Waals surface area contributed by atoms with Crippen LogP contribution in [0, 0.1) is 0 Å². The fraction of sp³-hybridized carbons (Fsp3) is 0.667. The van der Waals surface area contributed by atoms with Crippen molar-refractivity contribution in [2.24, 2.45) is 0 Å². The van der Waals surface area contributed by atoms with Crippen molar-refractivity contribution in [3.8, 4) is 0 Å². The number of thiol groups is 1. The molecule has 1 amide bonds. The second kappa shape index (κ2) is 9.61. The highest BCUT2D eigenvalue weighted by Crippen LogP contribution is 1.84. The van der Waals surface area contributed by atoms with E-state index in [0.717, 1.165) is 6.42 Å². The van der Waals surface area contributed by atoms with Gasteiger partial charge >= 0.3 is 0 Å². The second-order valence-corrected chi connectivity index (χ2v) is 2.96. The van der Waals surface area contributed by atoms with Crippen molar-refractivity contribution in [2.45, 2.75) is 12.8 Å². The maximum Gasteiger partial charge on any atom is 0.220 e. The summed E-state index contributed by atoms with van der Waals surface area (Å²) in [6, 6.07) is 0. The number of ether oxygens (including phenoxy) is 1. The Balaban J connectivity index is 3.06. The minimum absolute atomic E-state index is 0.0299. The molecule has 0 fully saturated rings. The summed E-state index contributed by atoms with van der Waals surface area (Å²) in [6.07, 6.45) is 3.12. The van der Waals surface area contributed by atoms with E-state index in [-0.39, 0.29) is 5.91 Å². The van der Waals surface area contributed by atoms with Crippen LogP contribution in [0.5, 0.6) is 0 Å². The Hall–Kier alpha value is -0.480. The van der Waals surface area contributed by atoms with E-state index in [1.165, 1.54) is 0 Å². The largest absolute Gasteiger partial charge is 0.379 e. The normalized spacial score (nSPS) is 9.62. The van der Waals surface area contributed by atoms with E-state index in [0.29, 0.717) is 31.9 Å². The summed E-state index contributed by atoms with van der Waals surface area (Å²) in [5.41, 5.74) is 0. The van der Waals surface area contributed by atoms with Crippen LogP contribution in [0.2, 0.25) is 0 Å². The van der Waals surface area contributed by atoms with Crippen LogP contribution in [0.3, 0.4) is 0 Å². The van der Waals surface area contributed by atoms with E-state index in [4.69, 9.17) is 4.74 Å². The predicted octanol–water partition coefficient (Wildman–Crippen LogP) is 1.02. The standard InChI is InChI=1S/C9H17NO2S/c1-2-3-6-12-7-5-10-9(11)4-8-13/h2,13H,1,3-8H2,(H,10,11). The third-order valence-corrected chi connectivity index (χ3v) is 1.60. The molecule has 76 valence electrons. The van der Waals surface area contributed by atoms with Gasteiger partial charge in [0.1, 0.15) is 0 Å². The molecule has 0 heterocycles. The maximum atomic E-state index is 10.9. The first-order valence-corrected chi connectivity index (χ1v) is 5.00. The van der Waals surface area contributed by atoms with Gasteiger partial charge in [-0.3, -0.25) is 4.79 Å². The fourth-order valence-electron chi connectivity index (χ4n) is 0.721. The molecule has 0 atom stereocenters. The molecule has 3 nitrogen and oxygen atoms in total. The molecule has 0 aliphatic carbocycles. The lowest BCUT2D eigenvalue weighted by Crippen LogP contribution is -2.27. The molecule has 0 bridgehead atoms. The summed E-state index contributed by atoms with van der Waals surface area (Å²) in [5, 5.41) is 2.72. The van der Waals surface area contributed by atoms with Crippen LogP contribution >= 0.6 is 12.6 Å². The van der Waals surface area contributed by atoms with Crippen molar-refractivity contribution in [3.63, 3.8) is 0 Å². The molecule has 4 heteroatoms. The lowest BCUT2D eigenvalue weighted by Gasteiger charge is -2.04. The lowest BCUT2D eigenvalue weighted by atomic mass is 10.4. The Morgan fingerprint density at radius 3 is 2.92 bits per heavy atom. The zero-order chi connectivity index (χ0) is 9.94. The lowest BCUT2D eigenvalue weighted by molar-refractivity contribution is -0.120. The number of carbonyl (C=O) groups is 1. The van der Waals surface area contributed by atoms with Crippen molar-refractivity contribution in [2.75, 3.05) is 25.5 Å². The number of carbonyl (C=O) groups excluding carboxylic acids is 1. The molecule has 0 spiro atoms. The van der Waals surface area contributed by atoms with Gasteiger partial charge in [-0.25, -0.2) is 0 Å². The Morgan fingerprint density at radius 2 is 2.31 bits per heavy atom. The minimum atomic E-state index is 0.0299. The Morgan fingerprint density at radius 1 is 1.54 bits per heavy atom. The van der Waals surface area contributed by atoms with Crippen LogP contribution in [0.4, 0.5) is 0 Å². The topological polar surface area (TPSA) is 38.3 Å². The van der Waals surface area contributed by atoms with Crippen molar-refractivity contribution >= 4 is 18.5 Å². The van der Waals surface area contributed by atoms with Gasteiger partial charge in [0, 0.05) is 13.0 Å². The van der Waals surface area contributed by atoms with Gasteiger partial charge in [-0.2, -0.15) is 12.6 Å². The number of nitrogens with one attached hydrogen (secondary N) is 1. The molecule has 0 aromatic rings. The highest BCUT2D eigenvalue weighted by Gasteiger charge is 1.96. The summed E-state index contributed by atoms with van der Waals surface area (Å²) in [6.45, 7) is 5.38. The fourth-order valence-corrected chi connectivity index (χ4v) is 0.924. The highest BCUT2D eigenvalue weighted by molar-refractivity contribution is 7.80. The SMILES string of the molecule is C=CCCOCCNC(=O)CCS. The molecule has 0 radical (unpaired) electrons. The monoisotopic (exact) mass is 203 g/mol. The van der Waals surface area contributed by atoms with Gasteiger partial charge in [-0.15, -0.1) is 6.58 Å². The Kier molecular flexibility index (Phi) is 9.25. The molecule has 0 aliphatic heterocycles. The van der Waals surface area contributed by atoms with Gasteiger partial charge < -0.3 is 10.1 Å². The van der Waals surface area contributed by atoms with Crippen molar-refractivity contribution in [3.05, 3.63) is 12.7 Å². The first-order valence-electron chi connectivity index (χ1n) is 4.37. The zero-order valence-electron chi connectivity index (χ0n) is 7.79. The predicted molar refractivity (Wildman–Crippen MR) is 57.1 cm³/mol. The highest BCUT2D eigenvalue weighted by atomic mass is 32.1. The summed E-state index contributed by atoms with van der Waals surface area (Å²) >= 11 is 3.95. The molecule has 0 rings (SSSR count). The third-order valence-electron chi connectivity index (χ3n) is 1.37. The summed E-state index contributed by atoms with van der Waals surface area (Å²) in [7, 11) is 0. The van der Waals surface area contributed by atoms with Crippen molar-refractivity contribution in [1.82, 2.24) is 5.32 Å². The van der Waals surface area contributed by atoms with E-state index in [1.807, 2.05) is 0 Å². The number of hydrogen-bond acceptors (Lipinski definition) is 3. The van der Waals surface area contributed by atoms with Gasteiger partial charge in [0.25, 0.3) is 0 Å². The van der Waals surface area contributed by atoms with Gasteiger partial charge in [-0.05, 0) is 12.2 Å². The minimum Gasteiger partial charge on any atom is -0.379 e. The van der Waals surface area contributed by atoms with E-state index in [9.17, 15) is 4.79 Å². The molecule has 1 N–H and O–H groups in total. The Labute approximate surface area is 84.9 Å². The van der Waals surface area contributed by atoms with Crippen LogP contribution in [0.25, 0.3) is 0 Å². The molecule has 0 saturated heterocycles. The molecular formula is C9H17NO2S. The molecule has 0 unspecified atom stereocenters. The van der Waals surface area contributed by atoms with Crippen LogP contribution < -0.4 is 5.32 Å². The third kappa shape index (κ3) is 9.43. The van der Waals surface area contributed by atoms with E-state index < -0.39 is 0 Å². The summed E-state index contributed by atoms with van der Waals surface area (Å²) < 4.78 is 5.20. The van der Waals surface area contributed by atoms with Gasteiger partial charge in [0.15, 0.2) is 0 Å². The number of hydrogen-bond donors (Lipinski definition) is 2. The Bertz CT molecular complexity index is 151. The quantitative estimate of drug-likeness (QED) is 0.351. The number of amides is 1. The van der Waals surface area contributed by atoms with Crippen molar-refractivity contribution < 1.29 is 9.53 Å². The van der Waals surface area contributed by atoms with E-state index in [1.54, 1.807) is 6.08 Å². The average Bonchev–Trinajstić information content (AvgIpc) is 2.11. The molecule has 0 saturated carbocycles. The van der Waals surface area contributed by atoms with Gasteiger partial charge in [-0.1, -0.05) is 6.08 Å².